The summed E-state index contributed by atoms with van der Waals surface area (Å²) < 4.78 is 1.81. The number of piperidine rings is 1. The number of amides is 2. The Morgan fingerprint density at radius 1 is 1.33 bits per heavy atom. The lowest BCUT2D eigenvalue weighted by Crippen LogP contribution is -2.49. The Morgan fingerprint density at radius 2 is 2.22 bits per heavy atom. The van der Waals surface area contributed by atoms with Crippen molar-refractivity contribution in [1.82, 2.24) is 29.4 Å². The maximum atomic E-state index is 12.8. The molecular formula is C18H21N7O2. The number of nitrogens with one attached hydrogen (secondary N) is 2. The fourth-order valence-corrected chi connectivity index (χ4v) is 4.20. The highest BCUT2D eigenvalue weighted by atomic mass is 16.2. The van der Waals surface area contributed by atoms with Crippen LogP contribution in [0.4, 0.5) is 4.79 Å². The summed E-state index contributed by atoms with van der Waals surface area (Å²) in [4.78, 5) is 37.8. The molecule has 0 aromatic carbocycles. The van der Waals surface area contributed by atoms with Gasteiger partial charge in [-0.15, -0.1) is 0 Å². The number of hydrogen-bond acceptors (Lipinski definition) is 4. The Bertz CT molecular complexity index is 1110. The minimum atomic E-state index is -0.161. The summed E-state index contributed by atoms with van der Waals surface area (Å²) in [7, 11) is 0. The normalized spacial score (nSPS) is 23.0. The van der Waals surface area contributed by atoms with Gasteiger partial charge in [0.2, 0.25) is 0 Å². The highest BCUT2D eigenvalue weighted by molar-refractivity contribution is 6.01. The molecule has 5 rings (SSSR count). The van der Waals surface area contributed by atoms with Crippen LogP contribution in [0.1, 0.15) is 25.8 Å². The number of carbonyl (C=O) groups is 1. The average Bonchev–Trinajstić information content (AvgIpc) is 3.40. The molecule has 2 amide bonds. The number of rotatable bonds is 1. The molecule has 1 fully saturated rings. The predicted molar refractivity (Wildman–Crippen MR) is 102 cm³/mol. The summed E-state index contributed by atoms with van der Waals surface area (Å²) in [6, 6.07) is 1.75. The van der Waals surface area contributed by atoms with Crippen molar-refractivity contribution in [3.05, 3.63) is 28.9 Å². The zero-order chi connectivity index (χ0) is 18.5. The molecule has 0 unspecified atom stereocenters. The molecule has 140 valence electrons. The van der Waals surface area contributed by atoms with Crippen molar-refractivity contribution in [3.63, 3.8) is 0 Å². The van der Waals surface area contributed by atoms with E-state index in [0.29, 0.717) is 25.2 Å². The SMILES string of the molecule is C[C@@H]1CCN(C(=O)N2CCC=N2)C[C@@H]1n1c(=O)[nH]c2cnc3[nH]ccc3c21. The van der Waals surface area contributed by atoms with Crippen LogP contribution in [0, 0.1) is 5.92 Å². The Labute approximate surface area is 154 Å². The first-order chi connectivity index (χ1) is 13.1. The highest BCUT2D eigenvalue weighted by Gasteiger charge is 2.34. The van der Waals surface area contributed by atoms with E-state index >= 15 is 0 Å². The maximum Gasteiger partial charge on any atom is 0.340 e. The van der Waals surface area contributed by atoms with E-state index in [1.54, 1.807) is 12.4 Å². The molecule has 0 radical (unpaired) electrons. The summed E-state index contributed by atoms with van der Waals surface area (Å²) >= 11 is 0. The zero-order valence-corrected chi connectivity index (χ0v) is 15.1. The Balaban J connectivity index is 1.57. The quantitative estimate of drug-likeness (QED) is 0.686. The van der Waals surface area contributed by atoms with Crippen LogP contribution in [0.15, 0.2) is 28.4 Å². The summed E-state index contributed by atoms with van der Waals surface area (Å²) in [5.41, 5.74) is 2.15. The lowest BCUT2D eigenvalue weighted by molar-refractivity contribution is 0.115. The minimum absolute atomic E-state index is 0.0815. The van der Waals surface area contributed by atoms with E-state index in [-0.39, 0.29) is 23.7 Å². The first-order valence-electron chi connectivity index (χ1n) is 9.28. The molecule has 2 aliphatic heterocycles. The van der Waals surface area contributed by atoms with E-state index in [0.717, 1.165) is 29.4 Å². The van der Waals surface area contributed by atoms with Gasteiger partial charge >= 0.3 is 11.7 Å². The fourth-order valence-electron chi connectivity index (χ4n) is 4.20. The van der Waals surface area contributed by atoms with Crippen molar-refractivity contribution in [2.24, 2.45) is 11.0 Å². The van der Waals surface area contributed by atoms with E-state index in [9.17, 15) is 9.59 Å². The second-order valence-corrected chi connectivity index (χ2v) is 7.33. The molecule has 2 N–H and O–H groups in total. The number of aromatic nitrogens is 4. The van der Waals surface area contributed by atoms with Crippen LogP contribution in [0.2, 0.25) is 0 Å². The number of likely N-dealkylation sites (tertiary alicyclic amines) is 1. The van der Waals surface area contributed by atoms with Crippen molar-refractivity contribution < 1.29 is 4.79 Å². The van der Waals surface area contributed by atoms with E-state index in [1.165, 1.54) is 5.01 Å². The maximum absolute atomic E-state index is 12.8. The van der Waals surface area contributed by atoms with Gasteiger partial charge in [-0.05, 0) is 18.4 Å². The van der Waals surface area contributed by atoms with Crippen molar-refractivity contribution in [2.75, 3.05) is 19.6 Å². The number of fused-ring (bicyclic) bond motifs is 3. The summed E-state index contributed by atoms with van der Waals surface area (Å²) in [6.07, 6.45) is 6.90. The molecule has 9 heteroatoms. The third-order valence-electron chi connectivity index (χ3n) is 5.69. The van der Waals surface area contributed by atoms with Gasteiger partial charge in [-0.1, -0.05) is 6.92 Å². The lowest BCUT2D eigenvalue weighted by Gasteiger charge is -2.38. The van der Waals surface area contributed by atoms with Crippen LogP contribution in [0.3, 0.4) is 0 Å². The molecule has 0 aliphatic carbocycles. The van der Waals surface area contributed by atoms with E-state index in [1.807, 2.05) is 21.7 Å². The second-order valence-electron chi connectivity index (χ2n) is 7.33. The third kappa shape index (κ3) is 2.45. The molecule has 0 bridgehead atoms. The number of urea groups is 1. The molecule has 5 heterocycles. The monoisotopic (exact) mass is 367 g/mol. The van der Waals surface area contributed by atoms with Crippen molar-refractivity contribution in [3.8, 4) is 0 Å². The van der Waals surface area contributed by atoms with E-state index in [2.05, 4.69) is 27.0 Å². The third-order valence-corrected chi connectivity index (χ3v) is 5.69. The molecule has 3 aromatic rings. The van der Waals surface area contributed by atoms with Gasteiger partial charge in [0, 0.05) is 37.3 Å². The summed E-state index contributed by atoms with van der Waals surface area (Å²) in [5, 5.41) is 6.57. The van der Waals surface area contributed by atoms with Crippen LogP contribution in [-0.2, 0) is 0 Å². The van der Waals surface area contributed by atoms with Crippen LogP contribution in [0.5, 0.6) is 0 Å². The number of aromatic amines is 2. The van der Waals surface area contributed by atoms with E-state index in [4.69, 9.17) is 0 Å². The van der Waals surface area contributed by atoms with Gasteiger partial charge in [-0.3, -0.25) is 4.57 Å². The fraction of sp³-hybridized carbons (Fsp3) is 0.444. The Kier molecular flexibility index (Phi) is 3.56. The van der Waals surface area contributed by atoms with Gasteiger partial charge in [0.15, 0.2) is 0 Å². The van der Waals surface area contributed by atoms with Crippen molar-refractivity contribution >= 4 is 34.3 Å². The molecule has 0 spiro atoms. The molecule has 1 saturated heterocycles. The number of nitrogens with zero attached hydrogens (tertiary/aromatic N) is 5. The number of H-pyrrole nitrogens is 2. The van der Waals surface area contributed by atoms with Crippen LogP contribution in [-0.4, -0.2) is 61.3 Å². The first-order valence-corrected chi connectivity index (χ1v) is 9.28. The average molecular weight is 367 g/mol. The number of pyridine rings is 1. The molecule has 0 saturated carbocycles. The number of imidazole rings is 1. The van der Waals surface area contributed by atoms with Gasteiger partial charge < -0.3 is 14.9 Å². The van der Waals surface area contributed by atoms with Crippen LogP contribution < -0.4 is 5.69 Å². The molecule has 3 aromatic heterocycles. The zero-order valence-electron chi connectivity index (χ0n) is 15.1. The van der Waals surface area contributed by atoms with Crippen LogP contribution in [0.25, 0.3) is 22.1 Å². The van der Waals surface area contributed by atoms with E-state index < -0.39 is 0 Å². The smallest absolute Gasteiger partial charge is 0.340 e. The molecule has 2 atom stereocenters. The summed E-state index contributed by atoms with van der Waals surface area (Å²) in [6.45, 7) is 3.94. The largest absolute Gasteiger partial charge is 0.346 e. The van der Waals surface area contributed by atoms with Gasteiger partial charge in [0.05, 0.1) is 29.8 Å². The molecule has 9 nitrogen and oxygen atoms in total. The number of hydrazone groups is 1. The van der Waals surface area contributed by atoms with Gasteiger partial charge in [0.1, 0.15) is 5.65 Å². The summed E-state index contributed by atoms with van der Waals surface area (Å²) in [5.74, 6) is 0.273. The number of carbonyl (C=O) groups excluding carboxylic acids is 1. The molecular weight excluding hydrogens is 346 g/mol. The predicted octanol–water partition coefficient (Wildman–Crippen LogP) is 1.90. The van der Waals surface area contributed by atoms with Gasteiger partial charge in [0.25, 0.3) is 0 Å². The topological polar surface area (TPSA) is 102 Å². The van der Waals surface area contributed by atoms with Crippen molar-refractivity contribution in [1.29, 1.82) is 0 Å². The lowest BCUT2D eigenvalue weighted by atomic mass is 9.93. The standard InChI is InChI=1S/C18H21N7O2/c1-11-4-8-23(18(27)24-7-2-5-21-24)10-14(11)25-15-12-3-6-19-16(12)20-9-13(15)22-17(25)26/h3,5-6,9,11,14H,2,4,7-8,10H2,1H3,(H,19,20)(H,22,26)/t11-,14+/m1/s1. The van der Waals surface area contributed by atoms with Crippen molar-refractivity contribution in [2.45, 2.75) is 25.8 Å². The Hall–Kier alpha value is -3.10. The first kappa shape index (κ1) is 16.1. The molecule has 27 heavy (non-hydrogen) atoms. The van der Waals surface area contributed by atoms with Gasteiger partial charge in [-0.2, -0.15) is 5.10 Å². The number of hydrogen-bond donors (Lipinski definition) is 2. The highest BCUT2D eigenvalue weighted by Crippen LogP contribution is 2.31. The molecule has 2 aliphatic rings. The second kappa shape index (κ2) is 5.97. The van der Waals surface area contributed by atoms with Crippen LogP contribution >= 0.6 is 0 Å². The minimum Gasteiger partial charge on any atom is -0.346 e. The Morgan fingerprint density at radius 3 is 3.04 bits per heavy atom. The van der Waals surface area contributed by atoms with Gasteiger partial charge in [-0.25, -0.2) is 19.6 Å².